The number of nitrogens with zero attached hydrogens (tertiary/aromatic N) is 2. The zero-order valence-electron chi connectivity index (χ0n) is 11.2. The van der Waals surface area contributed by atoms with Crippen molar-refractivity contribution in [2.24, 2.45) is 0 Å². The summed E-state index contributed by atoms with van der Waals surface area (Å²) in [4.78, 5) is 30.3. The van der Waals surface area contributed by atoms with Crippen LogP contribution in [0.1, 0.15) is 23.7 Å². The minimum Gasteiger partial charge on any atom is -0.367 e. The van der Waals surface area contributed by atoms with Gasteiger partial charge in [-0.05, 0) is 12.5 Å². The zero-order valence-corrected chi connectivity index (χ0v) is 11.2. The third-order valence-electron chi connectivity index (χ3n) is 3.23. The molecule has 19 heavy (non-hydrogen) atoms. The maximum absolute atomic E-state index is 12.1. The predicted octanol–water partition coefficient (Wildman–Crippen LogP) is 0.892. The molecule has 2 rings (SSSR count). The molecule has 6 nitrogen and oxygen atoms in total. The van der Waals surface area contributed by atoms with Crippen molar-refractivity contribution < 1.29 is 9.59 Å². The molecule has 104 valence electrons. The predicted molar refractivity (Wildman–Crippen MR) is 72.0 cm³/mol. The Morgan fingerprint density at radius 3 is 2.53 bits per heavy atom. The fourth-order valence-electron chi connectivity index (χ4n) is 2.10. The lowest BCUT2D eigenvalue weighted by atomic mass is 10.2. The van der Waals surface area contributed by atoms with Crippen molar-refractivity contribution in [3.05, 3.63) is 24.0 Å². The number of carbonyl (C=O) groups is 2. The fraction of sp³-hybridized carbons (Fsp3) is 0.538. The van der Waals surface area contributed by atoms with Gasteiger partial charge in [0, 0.05) is 45.1 Å². The van der Waals surface area contributed by atoms with E-state index >= 15 is 0 Å². The topological polar surface area (TPSA) is 68.4 Å². The molecule has 1 fully saturated rings. The highest BCUT2D eigenvalue weighted by molar-refractivity contribution is 5.94. The van der Waals surface area contributed by atoms with E-state index in [1.807, 2.05) is 6.92 Å². The van der Waals surface area contributed by atoms with Crippen molar-refractivity contribution in [3.63, 3.8) is 0 Å². The Morgan fingerprint density at radius 1 is 1.26 bits per heavy atom. The number of hydrogen-bond donors (Lipinski definition) is 2. The van der Waals surface area contributed by atoms with Crippen molar-refractivity contribution in [1.29, 1.82) is 0 Å². The molecule has 0 bridgehead atoms. The van der Waals surface area contributed by atoms with Gasteiger partial charge in [0.05, 0.1) is 5.56 Å². The van der Waals surface area contributed by atoms with E-state index in [2.05, 4.69) is 10.3 Å². The third kappa shape index (κ3) is 3.27. The van der Waals surface area contributed by atoms with Gasteiger partial charge in [-0.2, -0.15) is 0 Å². The van der Waals surface area contributed by atoms with E-state index in [1.165, 1.54) is 0 Å². The van der Waals surface area contributed by atoms with Crippen LogP contribution in [-0.4, -0.2) is 59.4 Å². The first kappa shape index (κ1) is 13.5. The molecule has 0 atom stereocenters. The van der Waals surface area contributed by atoms with Crippen molar-refractivity contribution in [3.8, 4) is 0 Å². The van der Waals surface area contributed by atoms with Crippen LogP contribution in [0, 0.1) is 0 Å². The highest BCUT2D eigenvalue weighted by Crippen LogP contribution is 2.08. The molecule has 6 heteroatoms. The zero-order chi connectivity index (χ0) is 13.7. The summed E-state index contributed by atoms with van der Waals surface area (Å²) in [5.41, 5.74) is 0.670. The number of aromatic nitrogens is 1. The van der Waals surface area contributed by atoms with Crippen LogP contribution in [0.3, 0.4) is 0 Å². The normalized spacial score (nSPS) is 15.4. The van der Waals surface area contributed by atoms with Crippen molar-refractivity contribution >= 4 is 11.9 Å². The summed E-state index contributed by atoms with van der Waals surface area (Å²) < 4.78 is 0. The van der Waals surface area contributed by atoms with Gasteiger partial charge in [0.25, 0.3) is 5.91 Å². The molecule has 0 unspecified atom stereocenters. The molecule has 0 aromatic carbocycles. The van der Waals surface area contributed by atoms with Gasteiger partial charge >= 0.3 is 6.03 Å². The van der Waals surface area contributed by atoms with Crippen LogP contribution in [0.5, 0.6) is 0 Å². The summed E-state index contributed by atoms with van der Waals surface area (Å²) in [5, 5.41) is 2.85. The number of rotatable bonds is 3. The average Bonchev–Trinajstić information content (AvgIpc) is 2.98. The van der Waals surface area contributed by atoms with Crippen LogP contribution in [0.15, 0.2) is 18.5 Å². The molecule has 0 radical (unpaired) electrons. The van der Waals surface area contributed by atoms with Crippen LogP contribution in [0.25, 0.3) is 0 Å². The van der Waals surface area contributed by atoms with E-state index in [0.717, 1.165) is 6.42 Å². The van der Waals surface area contributed by atoms with Gasteiger partial charge in [-0.3, -0.25) is 4.79 Å². The lowest BCUT2D eigenvalue weighted by Gasteiger charge is -2.34. The first-order valence-electron chi connectivity index (χ1n) is 6.67. The standard InChI is InChI=1S/C13H20N4O2/c1-2-4-15-13(19)17-8-6-16(7-9-17)12(18)11-3-5-14-10-11/h3,5,10,14H,2,4,6-9H2,1H3,(H,15,19). The number of H-pyrrole nitrogens is 1. The summed E-state index contributed by atoms with van der Waals surface area (Å²) in [7, 11) is 0. The Morgan fingerprint density at radius 2 is 1.95 bits per heavy atom. The van der Waals surface area contributed by atoms with Gasteiger partial charge in [-0.1, -0.05) is 6.92 Å². The smallest absolute Gasteiger partial charge is 0.317 e. The number of nitrogens with one attached hydrogen (secondary N) is 2. The SMILES string of the molecule is CCCNC(=O)N1CCN(C(=O)c2cc[nH]c2)CC1. The van der Waals surface area contributed by atoms with Crippen molar-refractivity contribution in [1.82, 2.24) is 20.1 Å². The molecule has 0 aliphatic carbocycles. The first-order chi connectivity index (χ1) is 9.22. The molecular weight excluding hydrogens is 244 g/mol. The van der Waals surface area contributed by atoms with E-state index in [4.69, 9.17) is 0 Å². The van der Waals surface area contributed by atoms with Gasteiger partial charge in [-0.15, -0.1) is 0 Å². The molecule has 2 heterocycles. The molecule has 0 spiro atoms. The number of amides is 3. The quantitative estimate of drug-likeness (QED) is 0.851. The summed E-state index contributed by atoms with van der Waals surface area (Å²) in [6, 6.07) is 1.73. The molecule has 1 aromatic rings. The molecule has 3 amide bonds. The summed E-state index contributed by atoms with van der Waals surface area (Å²) in [6.07, 6.45) is 4.36. The van der Waals surface area contributed by atoms with E-state index < -0.39 is 0 Å². The van der Waals surface area contributed by atoms with E-state index in [1.54, 1.807) is 28.3 Å². The number of aromatic amines is 1. The number of carbonyl (C=O) groups excluding carboxylic acids is 2. The Balaban J connectivity index is 1.82. The molecule has 2 N–H and O–H groups in total. The van der Waals surface area contributed by atoms with Crippen LogP contribution >= 0.6 is 0 Å². The van der Waals surface area contributed by atoms with Crippen molar-refractivity contribution in [2.45, 2.75) is 13.3 Å². The molecule has 1 aliphatic heterocycles. The van der Waals surface area contributed by atoms with Crippen LogP contribution < -0.4 is 5.32 Å². The van der Waals surface area contributed by atoms with E-state index in [-0.39, 0.29) is 11.9 Å². The first-order valence-corrected chi connectivity index (χ1v) is 6.67. The third-order valence-corrected chi connectivity index (χ3v) is 3.23. The minimum absolute atomic E-state index is 0.0230. The van der Waals surface area contributed by atoms with Gasteiger partial charge in [0.2, 0.25) is 0 Å². The second-order valence-electron chi connectivity index (χ2n) is 4.61. The Bertz CT molecular complexity index is 422. The maximum Gasteiger partial charge on any atom is 0.317 e. The van der Waals surface area contributed by atoms with Crippen LogP contribution in [-0.2, 0) is 0 Å². The molecular formula is C13H20N4O2. The lowest BCUT2D eigenvalue weighted by Crippen LogP contribution is -2.53. The van der Waals surface area contributed by atoms with Gasteiger partial charge in [0.1, 0.15) is 0 Å². The highest BCUT2D eigenvalue weighted by Gasteiger charge is 2.24. The van der Waals surface area contributed by atoms with E-state index in [0.29, 0.717) is 38.3 Å². The number of hydrogen-bond acceptors (Lipinski definition) is 2. The Hall–Kier alpha value is -1.98. The van der Waals surface area contributed by atoms with Gasteiger partial charge < -0.3 is 20.1 Å². The molecule has 1 aliphatic rings. The van der Waals surface area contributed by atoms with Crippen LogP contribution in [0.4, 0.5) is 4.79 Å². The van der Waals surface area contributed by atoms with Gasteiger partial charge in [-0.25, -0.2) is 4.79 Å². The number of piperazine rings is 1. The largest absolute Gasteiger partial charge is 0.367 e. The average molecular weight is 264 g/mol. The Kier molecular flexibility index (Phi) is 4.43. The fourth-order valence-corrected chi connectivity index (χ4v) is 2.10. The maximum atomic E-state index is 12.1. The minimum atomic E-state index is -0.0319. The second kappa shape index (κ2) is 6.26. The van der Waals surface area contributed by atoms with Gasteiger partial charge in [0.15, 0.2) is 0 Å². The highest BCUT2D eigenvalue weighted by atomic mass is 16.2. The molecule has 1 saturated heterocycles. The summed E-state index contributed by atoms with van der Waals surface area (Å²) >= 11 is 0. The number of urea groups is 1. The summed E-state index contributed by atoms with van der Waals surface area (Å²) in [6.45, 7) is 5.07. The Labute approximate surface area is 112 Å². The summed E-state index contributed by atoms with van der Waals surface area (Å²) in [5.74, 6) is 0.0230. The van der Waals surface area contributed by atoms with Crippen molar-refractivity contribution in [2.75, 3.05) is 32.7 Å². The molecule has 0 saturated carbocycles. The molecule has 1 aromatic heterocycles. The second-order valence-corrected chi connectivity index (χ2v) is 4.61. The van der Waals surface area contributed by atoms with Crippen LogP contribution in [0.2, 0.25) is 0 Å². The lowest BCUT2D eigenvalue weighted by molar-refractivity contribution is 0.0665. The van der Waals surface area contributed by atoms with E-state index in [9.17, 15) is 9.59 Å². The monoisotopic (exact) mass is 264 g/mol.